The van der Waals surface area contributed by atoms with Crippen molar-refractivity contribution in [2.75, 3.05) is 31.1 Å². The number of hydrogen-bond acceptors (Lipinski definition) is 9. The lowest BCUT2D eigenvalue weighted by molar-refractivity contribution is -0.189. The Balaban J connectivity index is 1.63. The number of alkyl halides is 5. The Morgan fingerprint density at radius 2 is 1.78 bits per heavy atom. The van der Waals surface area contributed by atoms with Crippen molar-refractivity contribution >= 4 is 22.7 Å². The van der Waals surface area contributed by atoms with Gasteiger partial charge in [-0.15, -0.1) is 5.10 Å². The number of pyridine rings is 2. The van der Waals surface area contributed by atoms with Gasteiger partial charge in [0.25, 0.3) is 12.3 Å². The summed E-state index contributed by atoms with van der Waals surface area (Å²) in [6, 6.07) is 6.42. The van der Waals surface area contributed by atoms with Crippen molar-refractivity contribution in [3.63, 3.8) is 0 Å². The van der Waals surface area contributed by atoms with Gasteiger partial charge in [-0.1, -0.05) is 6.07 Å². The van der Waals surface area contributed by atoms with Crippen molar-refractivity contribution in [3.8, 4) is 23.1 Å². The van der Waals surface area contributed by atoms with Crippen LogP contribution in [0.4, 0.5) is 27.8 Å². The fourth-order valence-electron chi connectivity index (χ4n) is 3.73. The Kier molecular flexibility index (Phi) is 6.37. The predicted molar refractivity (Wildman–Crippen MR) is 119 cm³/mol. The maximum Gasteiger partial charge on any atom is 0.491 e. The number of aromatic nitrogens is 6. The zero-order chi connectivity index (χ0) is 26.2. The Hall–Kier alpha value is -4.27. The number of carbonyl (C=O) groups is 1. The number of esters is 1. The summed E-state index contributed by atoms with van der Waals surface area (Å²) >= 11 is 0. The number of anilines is 1. The van der Waals surface area contributed by atoms with Crippen LogP contribution in [0.3, 0.4) is 0 Å². The molecule has 5 rings (SSSR count). The number of carbonyl (C=O) groups excluding carboxylic acids is 1. The normalized spacial score (nSPS) is 14.4. The maximum atomic E-state index is 13.1. The largest absolute Gasteiger partial charge is 0.491 e. The van der Waals surface area contributed by atoms with Crippen molar-refractivity contribution in [3.05, 3.63) is 48.5 Å². The third-order valence-corrected chi connectivity index (χ3v) is 5.47. The third kappa shape index (κ3) is 5.02. The van der Waals surface area contributed by atoms with E-state index in [1.807, 2.05) is 4.90 Å². The van der Waals surface area contributed by atoms with Crippen molar-refractivity contribution in [2.45, 2.75) is 12.6 Å². The zero-order valence-corrected chi connectivity index (χ0v) is 18.8. The monoisotopic (exact) mass is 520 g/mol. The molecule has 1 saturated heterocycles. The van der Waals surface area contributed by atoms with E-state index in [0.717, 1.165) is 25.5 Å². The Morgan fingerprint density at radius 1 is 1.03 bits per heavy atom. The van der Waals surface area contributed by atoms with Crippen LogP contribution in [-0.2, 0) is 4.79 Å². The summed E-state index contributed by atoms with van der Waals surface area (Å²) in [5.41, 5.74) is -0.318. The van der Waals surface area contributed by atoms with Gasteiger partial charge in [-0.2, -0.15) is 13.2 Å². The van der Waals surface area contributed by atoms with Crippen LogP contribution in [0.2, 0.25) is 0 Å². The van der Waals surface area contributed by atoms with E-state index in [1.54, 1.807) is 18.2 Å². The van der Waals surface area contributed by atoms with E-state index in [-0.39, 0.29) is 28.1 Å². The van der Waals surface area contributed by atoms with Crippen LogP contribution >= 0.6 is 0 Å². The van der Waals surface area contributed by atoms with Crippen molar-refractivity contribution in [2.24, 2.45) is 0 Å². The summed E-state index contributed by atoms with van der Waals surface area (Å²) in [5.74, 6) is -2.26. The maximum absolute atomic E-state index is 13.1. The fraction of sp³-hybridized carbons (Fsp3) is 0.273. The number of halogens is 5. The van der Waals surface area contributed by atoms with Crippen molar-refractivity contribution < 1.29 is 31.5 Å². The van der Waals surface area contributed by atoms with Crippen LogP contribution in [0.5, 0.6) is 5.88 Å². The SMILES string of the molecule is O=C(Oc1nn(-c2cccc(N3CCNCC3)n2)c2cc(-c3cncc(C(F)F)n3)ncc12)C(F)(F)F. The van der Waals surface area contributed by atoms with Crippen molar-refractivity contribution in [1.29, 1.82) is 0 Å². The molecule has 0 atom stereocenters. The molecule has 1 N–H and O–H groups in total. The lowest BCUT2D eigenvalue weighted by Crippen LogP contribution is -2.43. The molecule has 4 aromatic rings. The van der Waals surface area contributed by atoms with Crippen LogP contribution in [-0.4, -0.2) is 68.0 Å². The average molecular weight is 520 g/mol. The lowest BCUT2D eigenvalue weighted by atomic mass is 10.2. The molecule has 1 aliphatic heterocycles. The molecular formula is C22H17F5N8O2. The number of piperazine rings is 1. The number of nitrogens with zero attached hydrogens (tertiary/aromatic N) is 7. The lowest BCUT2D eigenvalue weighted by Gasteiger charge is -2.28. The quantitative estimate of drug-likeness (QED) is 0.314. The molecule has 0 unspecified atom stereocenters. The summed E-state index contributed by atoms with van der Waals surface area (Å²) in [4.78, 5) is 29.8. The van der Waals surface area contributed by atoms with Crippen LogP contribution in [0, 0.1) is 0 Å². The topological polar surface area (TPSA) is 111 Å². The molecular weight excluding hydrogens is 503 g/mol. The second kappa shape index (κ2) is 9.65. The number of fused-ring (bicyclic) bond motifs is 1. The average Bonchev–Trinajstić information content (AvgIpc) is 3.26. The molecule has 0 radical (unpaired) electrons. The highest BCUT2D eigenvalue weighted by Gasteiger charge is 2.42. The number of nitrogens with one attached hydrogen (secondary N) is 1. The first-order valence-electron chi connectivity index (χ1n) is 10.9. The highest BCUT2D eigenvalue weighted by Crippen LogP contribution is 2.31. The molecule has 1 fully saturated rings. The van der Waals surface area contributed by atoms with Gasteiger partial charge in [0.05, 0.1) is 29.0 Å². The van der Waals surface area contributed by atoms with Gasteiger partial charge in [-0.05, 0) is 18.2 Å². The summed E-state index contributed by atoms with van der Waals surface area (Å²) in [7, 11) is 0. The van der Waals surface area contributed by atoms with Crippen LogP contribution in [0.15, 0.2) is 42.9 Å². The van der Waals surface area contributed by atoms with Crippen LogP contribution in [0.25, 0.3) is 28.1 Å². The van der Waals surface area contributed by atoms with Gasteiger partial charge in [-0.25, -0.2) is 28.2 Å². The van der Waals surface area contributed by atoms with E-state index >= 15 is 0 Å². The first-order chi connectivity index (χ1) is 17.7. The number of ether oxygens (including phenoxy) is 1. The highest BCUT2D eigenvalue weighted by molar-refractivity contribution is 5.90. The molecule has 192 valence electrons. The standard InChI is InChI=1S/C22H17F5N8O2/c23-19(24)15-11-29-10-14(31-15)13-8-16-12(9-30-13)20(37-21(36)22(25,26)27)33-35(16)18-3-1-2-17(32-18)34-6-4-28-5-7-34/h1-3,8-11,19,28H,4-7H2. The molecule has 0 spiro atoms. The second-order valence-corrected chi connectivity index (χ2v) is 7.91. The third-order valence-electron chi connectivity index (χ3n) is 5.47. The van der Waals surface area contributed by atoms with Gasteiger partial charge >= 0.3 is 12.1 Å². The minimum absolute atomic E-state index is 0.00353. The molecule has 0 bridgehead atoms. The minimum Gasteiger partial charge on any atom is -0.398 e. The fourth-order valence-corrected chi connectivity index (χ4v) is 3.73. The molecule has 4 aromatic heterocycles. The first kappa shape index (κ1) is 24.4. The van der Waals surface area contributed by atoms with E-state index < -0.39 is 30.1 Å². The summed E-state index contributed by atoms with van der Waals surface area (Å²) in [6.07, 6.45) is -4.88. The predicted octanol–water partition coefficient (Wildman–Crippen LogP) is 3.09. The highest BCUT2D eigenvalue weighted by atomic mass is 19.4. The molecule has 15 heteroatoms. The molecule has 0 saturated carbocycles. The van der Waals surface area contributed by atoms with Crippen molar-refractivity contribution in [1.82, 2.24) is 35.0 Å². The van der Waals surface area contributed by atoms with Gasteiger partial charge in [0, 0.05) is 32.4 Å². The molecule has 1 aliphatic rings. The van der Waals surface area contributed by atoms with Gasteiger partial charge in [0.2, 0.25) is 0 Å². The van der Waals surface area contributed by atoms with E-state index in [9.17, 15) is 26.7 Å². The minimum atomic E-state index is -5.25. The van der Waals surface area contributed by atoms with E-state index in [2.05, 4.69) is 35.1 Å². The molecule has 0 aliphatic carbocycles. The van der Waals surface area contributed by atoms with Gasteiger partial charge in [-0.3, -0.25) is 9.97 Å². The van der Waals surface area contributed by atoms with Crippen LogP contribution in [0.1, 0.15) is 12.1 Å². The summed E-state index contributed by atoms with van der Waals surface area (Å²) < 4.78 is 70.6. The van der Waals surface area contributed by atoms with Gasteiger partial charge in [0.1, 0.15) is 17.2 Å². The first-order valence-corrected chi connectivity index (χ1v) is 10.9. The number of rotatable bonds is 5. The molecule has 10 nitrogen and oxygen atoms in total. The molecule has 0 amide bonds. The summed E-state index contributed by atoms with van der Waals surface area (Å²) in [5, 5.41) is 7.26. The Morgan fingerprint density at radius 3 is 2.51 bits per heavy atom. The zero-order valence-electron chi connectivity index (χ0n) is 18.8. The molecule has 5 heterocycles. The van der Waals surface area contributed by atoms with E-state index in [1.165, 1.54) is 16.9 Å². The Labute approximate surface area is 205 Å². The summed E-state index contributed by atoms with van der Waals surface area (Å²) in [6.45, 7) is 2.89. The molecule has 0 aromatic carbocycles. The molecule has 37 heavy (non-hydrogen) atoms. The van der Waals surface area contributed by atoms with Gasteiger partial charge < -0.3 is 15.0 Å². The van der Waals surface area contributed by atoms with E-state index in [4.69, 9.17) is 0 Å². The van der Waals surface area contributed by atoms with Gasteiger partial charge in [0.15, 0.2) is 5.82 Å². The smallest absolute Gasteiger partial charge is 0.398 e. The Bertz CT molecular complexity index is 1450. The number of hydrogen-bond donors (Lipinski definition) is 1. The van der Waals surface area contributed by atoms with E-state index in [0.29, 0.717) is 18.9 Å². The second-order valence-electron chi connectivity index (χ2n) is 7.91. The van der Waals surface area contributed by atoms with Crippen LogP contribution < -0.4 is 15.0 Å².